The monoisotopic (exact) mass is 222 g/mol. The lowest BCUT2D eigenvalue weighted by atomic mass is 9.34. The highest BCUT2D eigenvalue weighted by Crippen LogP contribution is 2.74. The highest BCUT2D eigenvalue weighted by Gasteiger charge is 2.66. The lowest BCUT2D eigenvalue weighted by Gasteiger charge is -2.70. The molecule has 0 aliphatic heterocycles. The summed E-state index contributed by atoms with van der Waals surface area (Å²) in [4.78, 5) is 0. The van der Waals surface area contributed by atoms with Crippen LogP contribution in [0, 0.1) is 10.8 Å². The van der Waals surface area contributed by atoms with Gasteiger partial charge in [-0.3, -0.25) is 0 Å². The van der Waals surface area contributed by atoms with E-state index in [1.807, 2.05) is 12.1 Å². The van der Waals surface area contributed by atoms with Crippen LogP contribution in [-0.2, 0) is 6.42 Å². The molecule has 1 N–H and O–H groups in total. The number of aliphatic hydroxyl groups excluding tert-OH is 1. The zero-order valence-electron chi connectivity index (χ0n) is 8.67. The minimum absolute atomic E-state index is 0.307. The molecule has 0 atom stereocenters. The van der Waals surface area contributed by atoms with Gasteiger partial charge in [-0.25, -0.2) is 0 Å². The summed E-state index contributed by atoms with van der Waals surface area (Å²) in [6.07, 6.45) is 4.68. The van der Waals surface area contributed by atoms with E-state index >= 15 is 0 Å². The summed E-state index contributed by atoms with van der Waals surface area (Å²) in [6.45, 7) is 0.372. The van der Waals surface area contributed by atoms with Crippen LogP contribution in [0.5, 0.6) is 0 Å². The first-order valence-corrected chi connectivity index (χ1v) is 5.89. The summed E-state index contributed by atoms with van der Waals surface area (Å²) in [7, 11) is 0. The van der Waals surface area contributed by atoms with Gasteiger partial charge in [0.1, 0.15) is 0 Å². The van der Waals surface area contributed by atoms with Crippen LogP contribution in [0.4, 0.5) is 0 Å². The maximum Gasteiger partial charge on any atom is 0.0488 e. The second-order valence-corrected chi connectivity index (χ2v) is 5.86. The average Bonchev–Trinajstić information content (AvgIpc) is 2.11. The Morgan fingerprint density at radius 1 is 1.13 bits per heavy atom. The Bertz CT molecular complexity index is 380. The normalized spacial score (nSPS) is 36.9. The third kappa shape index (κ3) is 1.33. The van der Waals surface area contributed by atoms with Crippen molar-refractivity contribution >= 4 is 11.6 Å². The van der Waals surface area contributed by atoms with Gasteiger partial charge in [0.15, 0.2) is 0 Å². The molecule has 3 fully saturated rings. The predicted molar refractivity (Wildman–Crippen MR) is 61.0 cm³/mol. The molecule has 15 heavy (non-hydrogen) atoms. The van der Waals surface area contributed by atoms with Gasteiger partial charge in [0.2, 0.25) is 0 Å². The molecule has 0 saturated heterocycles. The summed E-state index contributed by atoms with van der Waals surface area (Å²) in [6, 6.07) is 8.11. The van der Waals surface area contributed by atoms with Crippen LogP contribution >= 0.6 is 11.6 Å². The van der Waals surface area contributed by atoms with E-state index in [0.717, 1.165) is 11.4 Å². The fraction of sp³-hybridized carbons (Fsp3) is 0.538. The molecule has 0 radical (unpaired) electrons. The molecule has 80 valence electrons. The first-order valence-electron chi connectivity index (χ1n) is 5.51. The Morgan fingerprint density at radius 3 is 2.40 bits per heavy atom. The van der Waals surface area contributed by atoms with Crippen LogP contribution in [-0.4, -0.2) is 11.7 Å². The Kier molecular flexibility index (Phi) is 1.93. The quantitative estimate of drug-likeness (QED) is 0.834. The van der Waals surface area contributed by atoms with Crippen molar-refractivity contribution in [3.05, 3.63) is 34.9 Å². The van der Waals surface area contributed by atoms with E-state index in [9.17, 15) is 5.11 Å². The zero-order chi connectivity index (χ0) is 10.5. The largest absolute Gasteiger partial charge is 0.396 e. The summed E-state index contributed by atoms with van der Waals surface area (Å²) < 4.78 is 0. The van der Waals surface area contributed by atoms with E-state index in [-0.39, 0.29) is 0 Å². The van der Waals surface area contributed by atoms with Crippen molar-refractivity contribution in [1.82, 2.24) is 0 Å². The molecule has 0 spiro atoms. The van der Waals surface area contributed by atoms with E-state index in [2.05, 4.69) is 12.1 Å². The molecule has 3 aliphatic carbocycles. The van der Waals surface area contributed by atoms with Gasteiger partial charge in [-0.2, -0.15) is 0 Å². The van der Waals surface area contributed by atoms with Gasteiger partial charge >= 0.3 is 0 Å². The second-order valence-electron chi connectivity index (χ2n) is 5.46. The van der Waals surface area contributed by atoms with Crippen LogP contribution in [0.3, 0.4) is 0 Å². The SMILES string of the molecule is OCC12CC(Cc3ccccc3Cl)(C1)C2. The number of rotatable bonds is 3. The van der Waals surface area contributed by atoms with E-state index in [0.29, 0.717) is 17.4 Å². The third-order valence-electron chi connectivity index (χ3n) is 4.11. The summed E-state index contributed by atoms with van der Waals surface area (Å²) in [5, 5.41) is 10.1. The van der Waals surface area contributed by atoms with Crippen molar-refractivity contribution in [3.63, 3.8) is 0 Å². The fourth-order valence-corrected chi connectivity index (χ4v) is 3.83. The first-order chi connectivity index (χ1) is 7.17. The van der Waals surface area contributed by atoms with Gasteiger partial charge in [0.05, 0.1) is 0 Å². The lowest BCUT2D eigenvalue weighted by molar-refractivity contribution is -0.222. The van der Waals surface area contributed by atoms with Crippen LogP contribution in [0.25, 0.3) is 0 Å². The van der Waals surface area contributed by atoms with E-state index in [1.165, 1.54) is 24.8 Å². The number of benzene rings is 1. The van der Waals surface area contributed by atoms with Gasteiger partial charge in [-0.05, 0) is 48.1 Å². The van der Waals surface area contributed by atoms with Gasteiger partial charge < -0.3 is 5.11 Å². The van der Waals surface area contributed by atoms with Crippen molar-refractivity contribution in [2.45, 2.75) is 25.7 Å². The molecule has 0 unspecified atom stereocenters. The molecule has 0 amide bonds. The molecule has 0 aromatic heterocycles. The summed E-state index contributed by atoms with van der Waals surface area (Å²) in [5.74, 6) is 0. The molecule has 3 aliphatic rings. The first kappa shape index (κ1) is 9.68. The molecule has 3 saturated carbocycles. The number of hydrogen-bond acceptors (Lipinski definition) is 1. The Balaban J connectivity index is 1.72. The smallest absolute Gasteiger partial charge is 0.0488 e. The van der Waals surface area contributed by atoms with Gasteiger partial charge in [0, 0.05) is 11.6 Å². The molecule has 2 bridgehead atoms. The van der Waals surface area contributed by atoms with Crippen molar-refractivity contribution in [1.29, 1.82) is 0 Å². The summed E-state index contributed by atoms with van der Waals surface area (Å²) >= 11 is 6.15. The highest BCUT2D eigenvalue weighted by atomic mass is 35.5. The molecule has 1 aromatic rings. The highest BCUT2D eigenvalue weighted by molar-refractivity contribution is 6.31. The fourth-order valence-electron chi connectivity index (χ4n) is 3.63. The van der Waals surface area contributed by atoms with Crippen molar-refractivity contribution in [2.75, 3.05) is 6.61 Å². The van der Waals surface area contributed by atoms with Crippen molar-refractivity contribution in [2.24, 2.45) is 10.8 Å². The Labute approximate surface area is 95.1 Å². The number of halogens is 1. The number of hydrogen-bond donors (Lipinski definition) is 1. The molecule has 0 heterocycles. The average molecular weight is 223 g/mol. The minimum atomic E-state index is 0.307. The molecule has 1 nitrogen and oxygen atoms in total. The molecular formula is C13H15ClO. The Hall–Kier alpha value is -0.530. The molecular weight excluding hydrogens is 208 g/mol. The van der Waals surface area contributed by atoms with Crippen LogP contribution < -0.4 is 0 Å². The van der Waals surface area contributed by atoms with Crippen molar-refractivity contribution in [3.8, 4) is 0 Å². The molecule has 4 rings (SSSR count). The zero-order valence-corrected chi connectivity index (χ0v) is 9.43. The van der Waals surface area contributed by atoms with E-state index in [4.69, 9.17) is 11.6 Å². The second kappa shape index (κ2) is 2.99. The van der Waals surface area contributed by atoms with Gasteiger partial charge in [0.25, 0.3) is 0 Å². The third-order valence-corrected chi connectivity index (χ3v) is 4.48. The van der Waals surface area contributed by atoms with Crippen LogP contribution in [0.1, 0.15) is 24.8 Å². The molecule has 2 heteroatoms. The standard InChI is InChI=1S/C13H15ClO/c14-11-4-2-1-3-10(11)5-12-6-13(7-12,8-12)9-15/h1-4,15H,5-9H2. The van der Waals surface area contributed by atoms with Crippen LogP contribution in [0.2, 0.25) is 5.02 Å². The van der Waals surface area contributed by atoms with Crippen molar-refractivity contribution < 1.29 is 5.11 Å². The van der Waals surface area contributed by atoms with E-state index in [1.54, 1.807) is 0 Å². The van der Waals surface area contributed by atoms with E-state index < -0.39 is 0 Å². The van der Waals surface area contributed by atoms with Crippen LogP contribution in [0.15, 0.2) is 24.3 Å². The maximum atomic E-state index is 9.19. The lowest BCUT2D eigenvalue weighted by Crippen LogP contribution is -2.64. The molecule has 1 aromatic carbocycles. The van der Waals surface area contributed by atoms with Gasteiger partial charge in [-0.15, -0.1) is 0 Å². The minimum Gasteiger partial charge on any atom is -0.396 e. The topological polar surface area (TPSA) is 20.2 Å². The maximum absolute atomic E-state index is 9.19. The van der Waals surface area contributed by atoms with Gasteiger partial charge in [-0.1, -0.05) is 29.8 Å². The summed E-state index contributed by atoms with van der Waals surface area (Å²) in [5.41, 5.74) is 2.06. The number of aliphatic hydroxyl groups is 1. The Morgan fingerprint density at radius 2 is 1.80 bits per heavy atom. The predicted octanol–water partition coefficient (Wildman–Crippen LogP) is 3.05.